The topological polar surface area (TPSA) is 51.2 Å². The molecule has 1 aromatic heterocycles. The van der Waals surface area contributed by atoms with Crippen LogP contribution in [-0.4, -0.2) is 11.0 Å². The molecule has 0 aliphatic carbocycles. The van der Waals surface area contributed by atoms with Crippen LogP contribution in [0.5, 0.6) is 0 Å². The molecule has 1 N–H and O–H groups in total. The van der Waals surface area contributed by atoms with Crippen molar-refractivity contribution in [3.8, 4) is 0 Å². The van der Waals surface area contributed by atoms with Gasteiger partial charge in [0, 0.05) is 11.8 Å². The van der Waals surface area contributed by atoms with Gasteiger partial charge in [0.05, 0.1) is 22.3 Å². The lowest BCUT2D eigenvalue weighted by atomic mass is 9.88. The highest BCUT2D eigenvalue weighted by Crippen LogP contribution is 2.42. The molecule has 0 bridgehead atoms. The molecule has 6 heteroatoms. The molecule has 0 radical (unpaired) electrons. The lowest BCUT2D eigenvalue weighted by Crippen LogP contribution is -2.21. The van der Waals surface area contributed by atoms with Crippen LogP contribution in [0.3, 0.4) is 0 Å². The molecule has 1 fully saturated rings. The average molecular weight is 365 g/mol. The average Bonchev–Trinajstić information content (AvgIpc) is 3.07. The minimum absolute atomic E-state index is 0.0447. The molecule has 4 nitrogen and oxygen atoms in total. The molecular weight excluding hydrogens is 344 g/mol. The number of carbonyl (C=O) groups is 1. The number of nitrogens with zero attached hydrogens (tertiary/aromatic N) is 1. The number of thiazole rings is 1. The quantitative estimate of drug-likeness (QED) is 0.725. The molecular formula is C18H21ClN2O2S. The second kappa shape index (κ2) is 6.73. The minimum atomic E-state index is -0.645. The Hall–Kier alpha value is -1.59. The van der Waals surface area contributed by atoms with E-state index in [-0.39, 0.29) is 11.9 Å². The number of aromatic nitrogens is 1. The maximum Gasteiger partial charge on any atom is 0.310 e. The van der Waals surface area contributed by atoms with E-state index >= 15 is 0 Å². The molecule has 2 atom stereocenters. The standard InChI is InChI=1S/C18H21ClN2O2S/c1-11(2)8-12-9-18(3,23-16(12)22)15-10-24-17(21-15)20-14-7-5-4-6-13(14)19/h4-7,10-12H,8-9H2,1-3H3,(H,20,21)/t12-,18+/m1/s1. The summed E-state index contributed by atoms with van der Waals surface area (Å²) in [7, 11) is 0. The zero-order valence-corrected chi connectivity index (χ0v) is 15.6. The van der Waals surface area contributed by atoms with Crippen LogP contribution in [0, 0.1) is 11.8 Å². The zero-order valence-electron chi connectivity index (χ0n) is 14.0. The normalized spacial score (nSPS) is 23.5. The van der Waals surface area contributed by atoms with Crippen molar-refractivity contribution in [3.63, 3.8) is 0 Å². The maximum absolute atomic E-state index is 12.2. The van der Waals surface area contributed by atoms with Gasteiger partial charge >= 0.3 is 5.97 Å². The highest BCUT2D eigenvalue weighted by Gasteiger charge is 2.46. The number of halogens is 1. The van der Waals surface area contributed by atoms with Gasteiger partial charge in [0.1, 0.15) is 0 Å². The summed E-state index contributed by atoms with van der Waals surface area (Å²) in [5.41, 5.74) is 0.959. The lowest BCUT2D eigenvalue weighted by Gasteiger charge is -2.20. The van der Waals surface area contributed by atoms with Crippen molar-refractivity contribution < 1.29 is 9.53 Å². The number of anilines is 2. The molecule has 24 heavy (non-hydrogen) atoms. The molecule has 0 amide bonds. The number of cyclic esters (lactones) is 1. The van der Waals surface area contributed by atoms with Crippen LogP contribution in [0.2, 0.25) is 5.02 Å². The lowest BCUT2D eigenvalue weighted by molar-refractivity contribution is -0.150. The Kier molecular flexibility index (Phi) is 4.83. The Morgan fingerprint density at radius 1 is 1.46 bits per heavy atom. The Bertz CT molecular complexity index is 746. The van der Waals surface area contributed by atoms with Gasteiger partial charge in [-0.2, -0.15) is 0 Å². The molecule has 1 saturated heterocycles. The molecule has 0 saturated carbocycles. The zero-order chi connectivity index (χ0) is 17.3. The second-order valence-electron chi connectivity index (χ2n) is 6.83. The number of hydrogen-bond acceptors (Lipinski definition) is 5. The number of hydrogen-bond donors (Lipinski definition) is 1. The number of carbonyl (C=O) groups excluding carboxylic acids is 1. The Morgan fingerprint density at radius 2 is 2.21 bits per heavy atom. The van der Waals surface area contributed by atoms with E-state index < -0.39 is 5.60 Å². The van der Waals surface area contributed by atoms with Gasteiger partial charge in [-0.25, -0.2) is 4.98 Å². The van der Waals surface area contributed by atoms with Crippen molar-refractivity contribution >= 4 is 39.7 Å². The molecule has 0 spiro atoms. The number of esters is 1. The number of rotatable bonds is 5. The van der Waals surface area contributed by atoms with Crippen LogP contribution < -0.4 is 5.32 Å². The smallest absolute Gasteiger partial charge is 0.310 e. The minimum Gasteiger partial charge on any atom is -0.453 e. The third-order valence-electron chi connectivity index (χ3n) is 4.21. The van der Waals surface area contributed by atoms with Crippen molar-refractivity contribution in [2.24, 2.45) is 11.8 Å². The molecule has 2 aromatic rings. The number of nitrogens with one attached hydrogen (secondary N) is 1. The van der Waals surface area contributed by atoms with Crippen molar-refractivity contribution in [3.05, 3.63) is 40.4 Å². The first-order valence-corrected chi connectivity index (χ1v) is 9.33. The molecule has 128 valence electrons. The van der Waals surface area contributed by atoms with Crippen LogP contribution in [0.4, 0.5) is 10.8 Å². The fourth-order valence-electron chi connectivity index (χ4n) is 3.06. The van der Waals surface area contributed by atoms with E-state index in [1.165, 1.54) is 11.3 Å². The van der Waals surface area contributed by atoms with Gasteiger partial charge in [0.25, 0.3) is 0 Å². The van der Waals surface area contributed by atoms with E-state index in [1.807, 2.05) is 36.6 Å². The monoisotopic (exact) mass is 364 g/mol. The second-order valence-corrected chi connectivity index (χ2v) is 8.09. The highest BCUT2D eigenvalue weighted by molar-refractivity contribution is 7.13. The summed E-state index contributed by atoms with van der Waals surface area (Å²) in [6.07, 6.45) is 1.53. The third-order valence-corrected chi connectivity index (χ3v) is 5.30. The van der Waals surface area contributed by atoms with Gasteiger partial charge in [0.15, 0.2) is 10.7 Å². The SMILES string of the molecule is CC(C)C[C@@H]1C[C@@](C)(c2csc(Nc3ccccc3Cl)n2)OC1=O. The van der Waals surface area contributed by atoms with Crippen LogP contribution >= 0.6 is 22.9 Å². The van der Waals surface area contributed by atoms with Crippen molar-refractivity contribution in [2.45, 2.75) is 39.2 Å². The molecule has 1 aromatic carbocycles. The summed E-state index contributed by atoms with van der Waals surface area (Å²) >= 11 is 7.65. The first kappa shape index (κ1) is 17.2. The number of para-hydroxylation sites is 1. The van der Waals surface area contributed by atoms with Crippen molar-refractivity contribution in [1.29, 1.82) is 0 Å². The molecule has 1 aliphatic heterocycles. The Morgan fingerprint density at radius 3 is 2.92 bits per heavy atom. The molecule has 1 aliphatic rings. The fourth-order valence-corrected chi connectivity index (χ4v) is 4.09. The molecule has 0 unspecified atom stereocenters. The predicted octanol–water partition coefficient (Wildman–Crippen LogP) is 5.36. The summed E-state index contributed by atoms with van der Waals surface area (Å²) in [6, 6.07) is 7.53. The van der Waals surface area contributed by atoms with E-state index in [9.17, 15) is 4.79 Å². The van der Waals surface area contributed by atoms with E-state index in [1.54, 1.807) is 0 Å². The van der Waals surface area contributed by atoms with Gasteiger partial charge in [0.2, 0.25) is 0 Å². The largest absolute Gasteiger partial charge is 0.453 e. The van der Waals surface area contributed by atoms with E-state index in [0.29, 0.717) is 17.4 Å². The maximum atomic E-state index is 12.2. The Labute approximate surface area is 151 Å². The van der Waals surface area contributed by atoms with E-state index in [4.69, 9.17) is 16.3 Å². The summed E-state index contributed by atoms with van der Waals surface area (Å²) in [5.74, 6) is 0.314. The summed E-state index contributed by atoms with van der Waals surface area (Å²) in [5, 5.41) is 6.55. The fraction of sp³-hybridized carbons (Fsp3) is 0.444. The van der Waals surface area contributed by atoms with Crippen molar-refractivity contribution in [2.75, 3.05) is 5.32 Å². The van der Waals surface area contributed by atoms with Crippen LogP contribution in [0.25, 0.3) is 0 Å². The number of benzene rings is 1. The summed E-state index contributed by atoms with van der Waals surface area (Å²) in [4.78, 5) is 16.8. The van der Waals surface area contributed by atoms with Gasteiger partial charge in [-0.1, -0.05) is 37.6 Å². The third kappa shape index (κ3) is 3.57. The van der Waals surface area contributed by atoms with Gasteiger partial charge in [-0.3, -0.25) is 4.79 Å². The summed E-state index contributed by atoms with van der Waals surface area (Å²) in [6.45, 7) is 6.19. The predicted molar refractivity (Wildman–Crippen MR) is 97.9 cm³/mol. The van der Waals surface area contributed by atoms with Gasteiger partial charge < -0.3 is 10.1 Å². The summed E-state index contributed by atoms with van der Waals surface area (Å²) < 4.78 is 5.69. The highest BCUT2D eigenvalue weighted by atomic mass is 35.5. The first-order chi connectivity index (χ1) is 11.4. The molecule has 2 heterocycles. The van der Waals surface area contributed by atoms with Crippen LogP contribution in [-0.2, 0) is 15.1 Å². The molecule has 3 rings (SSSR count). The van der Waals surface area contributed by atoms with Gasteiger partial charge in [-0.05, 0) is 31.4 Å². The van der Waals surface area contributed by atoms with Crippen molar-refractivity contribution in [1.82, 2.24) is 4.98 Å². The van der Waals surface area contributed by atoms with Crippen LogP contribution in [0.15, 0.2) is 29.6 Å². The van der Waals surface area contributed by atoms with Gasteiger partial charge in [-0.15, -0.1) is 11.3 Å². The van der Waals surface area contributed by atoms with Crippen LogP contribution in [0.1, 0.15) is 39.3 Å². The van der Waals surface area contributed by atoms with E-state index in [2.05, 4.69) is 24.1 Å². The van der Waals surface area contributed by atoms with E-state index in [0.717, 1.165) is 22.9 Å². The first-order valence-electron chi connectivity index (χ1n) is 8.08. The Balaban J connectivity index is 1.76. The number of ether oxygens (including phenoxy) is 1.